The van der Waals surface area contributed by atoms with E-state index in [1.165, 1.54) is 0 Å². The van der Waals surface area contributed by atoms with Gasteiger partial charge in [-0.05, 0) is 38.0 Å². The molecule has 0 saturated carbocycles. The molecule has 2 rings (SSSR count). The first-order chi connectivity index (χ1) is 9.97. The molecule has 0 amide bonds. The zero-order valence-corrected chi connectivity index (χ0v) is 14.5. The van der Waals surface area contributed by atoms with E-state index in [9.17, 15) is 4.79 Å². The van der Waals surface area contributed by atoms with E-state index in [1.807, 2.05) is 18.2 Å². The van der Waals surface area contributed by atoms with Crippen LogP contribution in [0.4, 0.5) is 0 Å². The van der Waals surface area contributed by atoms with Gasteiger partial charge in [0.1, 0.15) is 5.60 Å². The average molecular weight is 355 g/mol. The van der Waals surface area contributed by atoms with Gasteiger partial charge in [-0.3, -0.25) is 4.79 Å². The zero-order chi connectivity index (χ0) is 15.3. The third kappa shape index (κ3) is 5.11. The van der Waals surface area contributed by atoms with Crippen LogP contribution in [-0.4, -0.2) is 24.7 Å². The maximum absolute atomic E-state index is 12.1. The number of hydrogen-bond acceptors (Lipinski definition) is 2. The summed E-state index contributed by atoms with van der Waals surface area (Å²) in [7, 11) is 0. The molecular weight excluding hydrogens is 330 g/mol. The monoisotopic (exact) mass is 354 g/mol. The standard InChI is InChI=1S/C17H24BrNO2/c1-17(2,14-8-10-19-11-9-14)21-16(20)7-6-13-4-3-5-15(18)12-13/h3-5,12,14,19H,6-11H2,1-2H3/p+1. The maximum atomic E-state index is 12.1. The molecule has 2 N–H and O–H groups in total. The number of esters is 1. The second-order valence-corrected chi connectivity index (χ2v) is 7.26. The van der Waals surface area contributed by atoms with Crippen LogP contribution in [0.2, 0.25) is 0 Å². The first-order valence-corrected chi connectivity index (χ1v) is 8.54. The number of hydrogen-bond donors (Lipinski definition) is 1. The van der Waals surface area contributed by atoms with Gasteiger partial charge in [0.15, 0.2) is 0 Å². The topological polar surface area (TPSA) is 42.9 Å². The molecule has 0 aliphatic carbocycles. The van der Waals surface area contributed by atoms with Gasteiger partial charge >= 0.3 is 5.97 Å². The number of halogens is 1. The molecule has 1 aliphatic heterocycles. The molecule has 0 unspecified atom stereocenters. The number of ether oxygens (including phenoxy) is 1. The average Bonchev–Trinajstić information content (AvgIpc) is 2.46. The van der Waals surface area contributed by atoms with Crippen molar-refractivity contribution in [3.63, 3.8) is 0 Å². The number of carbonyl (C=O) groups excluding carboxylic acids is 1. The Kier molecular flexibility index (Phi) is 5.82. The molecule has 1 fully saturated rings. The van der Waals surface area contributed by atoms with E-state index in [4.69, 9.17) is 4.74 Å². The van der Waals surface area contributed by atoms with E-state index in [0.717, 1.165) is 42.4 Å². The minimum Gasteiger partial charge on any atom is -0.459 e. The van der Waals surface area contributed by atoms with Crippen LogP contribution in [0.1, 0.15) is 38.7 Å². The lowest BCUT2D eigenvalue weighted by atomic mass is 9.83. The first-order valence-electron chi connectivity index (χ1n) is 7.75. The summed E-state index contributed by atoms with van der Waals surface area (Å²) >= 11 is 3.45. The summed E-state index contributed by atoms with van der Waals surface area (Å²) < 4.78 is 6.81. The summed E-state index contributed by atoms with van der Waals surface area (Å²) in [6.45, 7) is 6.40. The second kappa shape index (κ2) is 7.41. The first kappa shape index (κ1) is 16.5. The van der Waals surface area contributed by atoms with E-state index in [0.29, 0.717) is 12.3 Å². The molecule has 0 radical (unpaired) electrons. The third-order valence-electron chi connectivity index (χ3n) is 4.31. The summed E-state index contributed by atoms with van der Waals surface area (Å²) in [4.78, 5) is 12.1. The van der Waals surface area contributed by atoms with Crippen molar-refractivity contribution in [2.24, 2.45) is 5.92 Å². The van der Waals surface area contributed by atoms with Gasteiger partial charge in [0.2, 0.25) is 0 Å². The highest BCUT2D eigenvalue weighted by Crippen LogP contribution is 2.28. The van der Waals surface area contributed by atoms with Crippen molar-refractivity contribution in [1.82, 2.24) is 0 Å². The Hall–Kier alpha value is -0.870. The molecule has 4 heteroatoms. The van der Waals surface area contributed by atoms with Gasteiger partial charge in [0, 0.05) is 29.7 Å². The van der Waals surface area contributed by atoms with Gasteiger partial charge < -0.3 is 10.1 Å². The molecule has 1 aromatic carbocycles. The number of nitrogens with two attached hydrogens (primary N) is 1. The fourth-order valence-electron chi connectivity index (χ4n) is 2.99. The van der Waals surface area contributed by atoms with Crippen LogP contribution in [0.15, 0.2) is 28.7 Å². The van der Waals surface area contributed by atoms with Gasteiger partial charge in [-0.25, -0.2) is 0 Å². The lowest BCUT2D eigenvalue weighted by Crippen LogP contribution is -2.86. The number of rotatable bonds is 5. The number of carbonyl (C=O) groups is 1. The van der Waals surface area contributed by atoms with Crippen LogP contribution in [0.25, 0.3) is 0 Å². The van der Waals surface area contributed by atoms with E-state index in [-0.39, 0.29) is 11.6 Å². The van der Waals surface area contributed by atoms with Crippen LogP contribution in [-0.2, 0) is 16.0 Å². The summed E-state index contributed by atoms with van der Waals surface area (Å²) in [6.07, 6.45) is 3.43. The molecule has 0 aromatic heterocycles. The van der Waals surface area contributed by atoms with Gasteiger partial charge in [-0.1, -0.05) is 28.1 Å². The van der Waals surface area contributed by atoms with Crippen molar-refractivity contribution in [2.75, 3.05) is 13.1 Å². The minimum absolute atomic E-state index is 0.0884. The Morgan fingerprint density at radius 1 is 1.38 bits per heavy atom. The highest BCUT2D eigenvalue weighted by molar-refractivity contribution is 9.10. The molecule has 1 saturated heterocycles. The molecule has 1 heterocycles. The van der Waals surface area contributed by atoms with Crippen LogP contribution >= 0.6 is 15.9 Å². The van der Waals surface area contributed by atoms with E-state index in [2.05, 4.69) is 41.2 Å². The molecule has 0 bridgehead atoms. The molecular formula is C17H25BrNO2+. The Morgan fingerprint density at radius 3 is 2.76 bits per heavy atom. The minimum atomic E-state index is -0.345. The molecule has 1 aromatic rings. The Bertz CT molecular complexity index is 481. The van der Waals surface area contributed by atoms with Crippen molar-refractivity contribution >= 4 is 21.9 Å². The van der Waals surface area contributed by atoms with Gasteiger partial charge in [0.05, 0.1) is 13.1 Å². The Morgan fingerprint density at radius 2 is 2.10 bits per heavy atom. The number of quaternary nitrogens is 1. The van der Waals surface area contributed by atoms with E-state index in [1.54, 1.807) is 0 Å². The van der Waals surface area contributed by atoms with E-state index >= 15 is 0 Å². The molecule has 116 valence electrons. The molecule has 1 aliphatic rings. The highest BCUT2D eigenvalue weighted by Gasteiger charge is 2.35. The van der Waals surface area contributed by atoms with Gasteiger partial charge in [-0.15, -0.1) is 0 Å². The SMILES string of the molecule is CC(C)(OC(=O)CCc1cccc(Br)c1)C1CC[NH2+]CC1. The van der Waals surface area contributed by atoms with Crippen molar-refractivity contribution < 1.29 is 14.8 Å². The van der Waals surface area contributed by atoms with Crippen LogP contribution < -0.4 is 5.32 Å². The van der Waals surface area contributed by atoms with Crippen LogP contribution in [0.5, 0.6) is 0 Å². The fraction of sp³-hybridized carbons (Fsp3) is 0.588. The van der Waals surface area contributed by atoms with E-state index < -0.39 is 0 Å². The molecule has 0 spiro atoms. The largest absolute Gasteiger partial charge is 0.459 e. The Balaban J connectivity index is 1.83. The number of piperidine rings is 1. The fourth-order valence-corrected chi connectivity index (χ4v) is 3.44. The molecule has 3 nitrogen and oxygen atoms in total. The van der Waals surface area contributed by atoms with Gasteiger partial charge in [0.25, 0.3) is 0 Å². The quantitative estimate of drug-likeness (QED) is 0.826. The summed E-state index contributed by atoms with van der Waals surface area (Å²) in [6, 6.07) is 8.08. The predicted octanol–water partition coefficient (Wildman–Crippen LogP) is 2.68. The normalized spacial score (nSPS) is 16.7. The van der Waals surface area contributed by atoms with Crippen molar-refractivity contribution in [1.29, 1.82) is 0 Å². The van der Waals surface area contributed by atoms with Crippen molar-refractivity contribution in [2.45, 2.75) is 45.1 Å². The number of aryl methyl sites for hydroxylation is 1. The van der Waals surface area contributed by atoms with Crippen LogP contribution in [0, 0.1) is 5.92 Å². The maximum Gasteiger partial charge on any atom is 0.306 e. The van der Waals surface area contributed by atoms with Crippen molar-refractivity contribution in [3.8, 4) is 0 Å². The van der Waals surface area contributed by atoms with Crippen molar-refractivity contribution in [3.05, 3.63) is 34.3 Å². The summed E-state index contributed by atoms with van der Waals surface area (Å²) in [5.41, 5.74) is 0.814. The zero-order valence-electron chi connectivity index (χ0n) is 12.9. The van der Waals surface area contributed by atoms with Crippen LogP contribution in [0.3, 0.4) is 0 Å². The second-order valence-electron chi connectivity index (χ2n) is 6.35. The summed E-state index contributed by atoms with van der Waals surface area (Å²) in [5.74, 6) is 0.395. The third-order valence-corrected chi connectivity index (χ3v) is 4.80. The smallest absolute Gasteiger partial charge is 0.306 e. The Labute approximate surface area is 135 Å². The summed E-state index contributed by atoms with van der Waals surface area (Å²) in [5, 5.41) is 2.33. The highest BCUT2D eigenvalue weighted by atomic mass is 79.9. The predicted molar refractivity (Wildman–Crippen MR) is 87.0 cm³/mol. The lowest BCUT2D eigenvalue weighted by Gasteiger charge is -2.35. The number of benzene rings is 1. The molecule has 0 atom stereocenters. The van der Waals surface area contributed by atoms with Gasteiger partial charge in [-0.2, -0.15) is 0 Å². The molecule has 21 heavy (non-hydrogen) atoms. The lowest BCUT2D eigenvalue weighted by molar-refractivity contribution is -0.665.